The normalized spacial score (nSPS) is 12.3. The van der Waals surface area contributed by atoms with Gasteiger partial charge in [0.15, 0.2) is 6.10 Å². The lowest BCUT2D eigenvalue weighted by molar-refractivity contribution is -0.135. The number of likely N-dealkylation sites (N-methyl/N-ethyl adjacent to an activating group) is 1. The number of amides is 1. The minimum Gasteiger partial charge on any atom is -0.479 e. The molecule has 0 N–H and O–H groups in total. The number of carbonyl (C=O) groups is 1. The van der Waals surface area contributed by atoms with Crippen LogP contribution in [0.1, 0.15) is 18.1 Å². The molecule has 0 radical (unpaired) electrons. The predicted molar refractivity (Wildman–Crippen MR) is 85.8 cm³/mol. The van der Waals surface area contributed by atoms with Crippen molar-refractivity contribution < 1.29 is 13.9 Å². The van der Waals surface area contributed by atoms with Crippen LogP contribution in [0.3, 0.4) is 0 Å². The highest BCUT2D eigenvalue weighted by molar-refractivity contribution is 6.32. The third kappa shape index (κ3) is 2.95. The fourth-order valence-corrected chi connectivity index (χ4v) is 2.35. The Morgan fingerprint density at radius 2 is 1.91 bits per heavy atom. The average molecular weight is 324 g/mol. The molecule has 0 saturated carbocycles. The summed E-state index contributed by atoms with van der Waals surface area (Å²) < 4.78 is 10.9. The van der Waals surface area contributed by atoms with Crippen molar-refractivity contribution in [2.75, 3.05) is 14.1 Å². The van der Waals surface area contributed by atoms with Gasteiger partial charge in [0.25, 0.3) is 5.91 Å². The quantitative estimate of drug-likeness (QED) is 0.815. The van der Waals surface area contributed by atoms with Crippen molar-refractivity contribution in [3.63, 3.8) is 0 Å². The molecule has 1 heterocycles. The van der Waals surface area contributed by atoms with E-state index >= 15 is 0 Å². The standard InChI is InChI=1S/C16H18ClNO4/c1-8-9(2)16(20)22-13-7-14(12(17)6-11(8)13)21-10(3)15(19)18(4)5/h6-7,10H,1-5H3. The molecule has 5 nitrogen and oxygen atoms in total. The summed E-state index contributed by atoms with van der Waals surface area (Å²) >= 11 is 6.23. The Hall–Kier alpha value is -2.01. The summed E-state index contributed by atoms with van der Waals surface area (Å²) in [7, 11) is 3.30. The van der Waals surface area contributed by atoms with Crippen LogP contribution in [-0.4, -0.2) is 31.0 Å². The Labute approximate surface area is 133 Å². The molecule has 1 aromatic carbocycles. The van der Waals surface area contributed by atoms with E-state index in [2.05, 4.69) is 0 Å². The van der Waals surface area contributed by atoms with Gasteiger partial charge in [0.05, 0.1) is 5.02 Å². The van der Waals surface area contributed by atoms with Crippen molar-refractivity contribution in [2.45, 2.75) is 26.9 Å². The third-order valence-electron chi connectivity index (χ3n) is 3.60. The summed E-state index contributed by atoms with van der Waals surface area (Å²) in [6.07, 6.45) is -0.691. The second-order valence-corrected chi connectivity index (χ2v) is 5.82. The van der Waals surface area contributed by atoms with E-state index in [-0.39, 0.29) is 5.91 Å². The molecule has 6 heteroatoms. The molecule has 2 aromatic rings. The smallest absolute Gasteiger partial charge is 0.339 e. The number of hydrogen-bond acceptors (Lipinski definition) is 4. The molecule has 22 heavy (non-hydrogen) atoms. The fraction of sp³-hybridized carbons (Fsp3) is 0.375. The summed E-state index contributed by atoms with van der Waals surface area (Å²) in [5.74, 6) is 0.126. The van der Waals surface area contributed by atoms with Gasteiger partial charge in [0.1, 0.15) is 11.3 Å². The van der Waals surface area contributed by atoms with Gasteiger partial charge in [0, 0.05) is 31.1 Å². The Morgan fingerprint density at radius 3 is 2.50 bits per heavy atom. The van der Waals surface area contributed by atoms with Gasteiger partial charge in [-0.05, 0) is 32.4 Å². The van der Waals surface area contributed by atoms with Crippen molar-refractivity contribution in [3.05, 3.63) is 38.7 Å². The molecule has 0 fully saturated rings. The number of ether oxygens (including phenoxy) is 1. The van der Waals surface area contributed by atoms with Crippen molar-refractivity contribution in [3.8, 4) is 5.75 Å². The number of carbonyl (C=O) groups excluding carboxylic acids is 1. The molecular formula is C16H18ClNO4. The lowest BCUT2D eigenvalue weighted by Gasteiger charge is -2.19. The first kappa shape index (κ1) is 16.4. The van der Waals surface area contributed by atoms with Gasteiger partial charge in [-0.25, -0.2) is 4.79 Å². The largest absolute Gasteiger partial charge is 0.479 e. The number of hydrogen-bond donors (Lipinski definition) is 0. The van der Waals surface area contributed by atoms with Gasteiger partial charge in [0.2, 0.25) is 0 Å². The Bertz CT molecular complexity index is 795. The van der Waals surface area contributed by atoms with Gasteiger partial charge in [-0.3, -0.25) is 4.79 Å². The molecule has 0 aliphatic carbocycles. The molecule has 1 atom stereocenters. The molecule has 2 rings (SSSR count). The predicted octanol–water partition coefficient (Wildman–Crippen LogP) is 2.92. The Balaban J connectivity index is 2.49. The summed E-state index contributed by atoms with van der Waals surface area (Å²) in [5.41, 5.74) is 1.36. The van der Waals surface area contributed by atoms with Crippen LogP contribution < -0.4 is 10.4 Å². The molecule has 0 spiro atoms. The average Bonchev–Trinajstić information content (AvgIpc) is 2.46. The molecule has 1 aromatic heterocycles. The maximum Gasteiger partial charge on any atom is 0.339 e. The molecule has 0 aliphatic rings. The molecule has 0 bridgehead atoms. The number of nitrogens with zero attached hydrogens (tertiary/aromatic N) is 1. The van der Waals surface area contributed by atoms with Crippen LogP contribution in [0.2, 0.25) is 5.02 Å². The molecular weight excluding hydrogens is 306 g/mol. The number of rotatable bonds is 3. The first-order chi connectivity index (χ1) is 10.2. The number of aryl methyl sites for hydroxylation is 1. The SMILES string of the molecule is Cc1c(C)c2cc(Cl)c(OC(C)C(=O)N(C)C)cc2oc1=O. The topological polar surface area (TPSA) is 59.8 Å². The summed E-state index contributed by atoms with van der Waals surface area (Å²) in [6, 6.07) is 3.23. The Kier molecular flexibility index (Phi) is 4.47. The van der Waals surface area contributed by atoms with Gasteiger partial charge >= 0.3 is 5.63 Å². The van der Waals surface area contributed by atoms with Crippen molar-refractivity contribution in [2.24, 2.45) is 0 Å². The van der Waals surface area contributed by atoms with E-state index in [0.29, 0.717) is 21.9 Å². The van der Waals surface area contributed by atoms with E-state index in [4.69, 9.17) is 20.8 Å². The highest BCUT2D eigenvalue weighted by Gasteiger charge is 2.19. The summed E-state index contributed by atoms with van der Waals surface area (Å²) in [4.78, 5) is 25.1. The lowest BCUT2D eigenvalue weighted by Crippen LogP contribution is -2.35. The molecule has 0 aliphatic heterocycles. The van der Waals surface area contributed by atoms with E-state index in [1.165, 1.54) is 4.90 Å². The minimum atomic E-state index is -0.691. The zero-order chi connectivity index (χ0) is 16.6. The maximum atomic E-state index is 11.9. The van der Waals surface area contributed by atoms with Gasteiger partial charge in [-0.15, -0.1) is 0 Å². The van der Waals surface area contributed by atoms with Crippen LogP contribution in [0.15, 0.2) is 21.3 Å². The van der Waals surface area contributed by atoms with Crippen molar-refractivity contribution >= 4 is 28.5 Å². The third-order valence-corrected chi connectivity index (χ3v) is 3.90. The lowest BCUT2D eigenvalue weighted by atomic mass is 10.1. The first-order valence-corrected chi connectivity index (χ1v) is 7.21. The van der Waals surface area contributed by atoms with Crippen LogP contribution in [0.4, 0.5) is 0 Å². The van der Waals surface area contributed by atoms with Crippen LogP contribution in [-0.2, 0) is 4.79 Å². The number of halogens is 1. The fourth-order valence-electron chi connectivity index (χ4n) is 2.14. The zero-order valence-corrected chi connectivity index (χ0v) is 13.9. The van der Waals surface area contributed by atoms with E-state index in [9.17, 15) is 9.59 Å². The summed E-state index contributed by atoms with van der Waals surface area (Å²) in [6.45, 7) is 5.18. The van der Waals surface area contributed by atoms with E-state index in [1.54, 1.807) is 40.1 Å². The van der Waals surface area contributed by atoms with Gasteiger partial charge in [-0.1, -0.05) is 11.6 Å². The molecule has 1 amide bonds. The second kappa shape index (κ2) is 6.01. The molecule has 0 saturated heterocycles. The maximum absolute atomic E-state index is 11.9. The number of fused-ring (bicyclic) bond motifs is 1. The Morgan fingerprint density at radius 1 is 1.27 bits per heavy atom. The van der Waals surface area contributed by atoms with E-state index in [0.717, 1.165) is 10.9 Å². The highest BCUT2D eigenvalue weighted by atomic mass is 35.5. The minimum absolute atomic E-state index is 0.183. The van der Waals surface area contributed by atoms with Crippen molar-refractivity contribution in [1.29, 1.82) is 0 Å². The van der Waals surface area contributed by atoms with Crippen LogP contribution in [0.25, 0.3) is 11.0 Å². The van der Waals surface area contributed by atoms with Gasteiger partial charge < -0.3 is 14.1 Å². The van der Waals surface area contributed by atoms with Crippen LogP contribution in [0.5, 0.6) is 5.75 Å². The summed E-state index contributed by atoms with van der Waals surface area (Å²) in [5, 5.41) is 1.11. The van der Waals surface area contributed by atoms with Crippen LogP contribution in [0, 0.1) is 13.8 Å². The first-order valence-electron chi connectivity index (χ1n) is 6.83. The van der Waals surface area contributed by atoms with Crippen molar-refractivity contribution in [1.82, 2.24) is 4.90 Å². The zero-order valence-electron chi connectivity index (χ0n) is 13.2. The van der Waals surface area contributed by atoms with Crippen LogP contribution >= 0.6 is 11.6 Å². The second-order valence-electron chi connectivity index (χ2n) is 5.41. The monoisotopic (exact) mass is 323 g/mol. The molecule has 1 unspecified atom stereocenters. The molecule has 118 valence electrons. The highest BCUT2D eigenvalue weighted by Crippen LogP contribution is 2.32. The van der Waals surface area contributed by atoms with E-state index < -0.39 is 11.7 Å². The number of benzene rings is 1. The van der Waals surface area contributed by atoms with E-state index in [1.807, 2.05) is 6.92 Å². The van der Waals surface area contributed by atoms with Gasteiger partial charge in [-0.2, -0.15) is 0 Å².